The summed E-state index contributed by atoms with van der Waals surface area (Å²) in [5.74, 6) is 2.26. The van der Waals surface area contributed by atoms with Crippen molar-refractivity contribution in [2.24, 2.45) is 0 Å². The number of carbonyl (C=O) groups excluding carboxylic acids is 1. The van der Waals surface area contributed by atoms with Crippen molar-refractivity contribution in [2.75, 3.05) is 17.7 Å². The lowest BCUT2D eigenvalue weighted by Gasteiger charge is -2.20. The number of hydrogen-bond acceptors (Lipinski definition) is 8. The lowest BCUT2D eigenvalue weighted by atomic mass is 10.2. The Bertz CT molecular complexity index is 1370. The van der Waals surface area contributed by atoms with Crippen molar-refractivity contribution in [1.29, 1.82) is 0 Å². The van der Waals surface area contributed by atoms with Gasteiger partial charge in [-0.15, -0.1) is 0 Å². The van der Waals surface area contributed by atoms with E-state index in [4.69, 9.17) is 19.4 Å². The molecule has 1 fully saturated rings. The highest BCUT2D eigenvalue weighted by atomic mass is 16.6. The van der Waals surface area contributed by atoms with E-state index in [0.29, 0.717) is 34.6 Å². The number of carbonyl (C=O) groups is 1. The Morgan fingerprint density at radius 1 is 1.06 bits per heavy atom. The highest BCUT2D eigenvalue weighted by Crippen LogP contribution is 2.41. The zero-order valence-corrected chi connectivity index (χ0v) is 20.1. The summed E-state index contributed by atoms with van der Waals surface area (Å²) < 4.78 is 12.5. The Balaban J connectivity index is 1.49. The Kier molecular flexibility index (Phi) is 5.72. The molecular weight excluding hydrogens is 446 g/mol. The van der Waals surface area contributed by atoms with Crippen LogP contribution in [0.1, 0.15) is 45.4 Å². The SMILES string of the molecule is COc1ccc(Nc2ncc3nc(C4CC4)n(-c4cccc(NC(=O)OC(C)(C)C)c4)c3n2)cn1. The van der Waals surface area contributed by atoms with Crippen molar-refractivity contribution in [3.63, 3.8) is 0 Å². The Labute approximate surface area is 202 Å². The van der Waals surface area contributed by atoms with Crippen LogP contribution in [0.5, 0.6) is 5.88 Å². The minimum absolute atomic E-state index is 0.369. The molecule has 0 bridgehead atoms. The molecule has 1 aliphatic carbocycles. The van der Waals surface area contributed by atoms with Crippen molar-refractivity contribution >= 4 is 34.6 Å². The summed E-state index contributed by atoms with van der Waals surface area (Å²) in [5, 5.41) is 5.99. The topological polar surface area (TPSA) is 116 Å². The molecule has 180 valence electrons. The van der Waals surface area contributed by atoms with Crippen LogP contribution in [0.2, 0.25) is 0 Å². The highest BCUT2D eigenvalue weighted by molar-refractivity contribution is 5.85. The second-order valence-electron chi connectivity index (χ2n) is 9.37. The Hall–Kier alpha value is -4.21. The van der Waals surface area contributed by atoms with Crippen molar-refractivity contribution in [3.05, 3.63) is 54.6 Å². The highest BCUT2D eigenvalue weighted by Gasteiger charge is 2.31. The average Bonchev–Trinajstić information content (AvgIpc) is 3.59. The Morgan fingerprint density at radius 2 is 1.89 bits per heavy atom. The predicted octanol–water partition coefficient (Wildman–Crippen LogP) is 5.19. The van der Waals surface area contributed by atoms with Crippen LogP contribution in [0.15, 0.2) is 48.8 Å². The normalized spacial score (nSPS) is 13.5. The van der Waals surface area contributed by atoms with Crippen LogP contribution in [0.4, 0.5) is 22.1 Å². The van der Waals surface area contributed by atoms with Crippen LogP contribution in [-0.4, -0.2) is 43.3 Å². The number of amides is 1. The number of methoxy groups -OCH3 is 1. The molecule has 1 aliphatic rings. The van der Waals surface area contributed by atoms with E-state index in [9.17, 15) is 4.79 Å². The smallest absolute Gasteiger partial charge is 0.412 e. The molecule has 3 heterocycles. The molecule has 4 aromatic rings. The fourth-order valence-electron chi connectivity index (χ4n) is 3.67. The molecule has 0 saturated heterocycles. The fourth-order valence-corrected chi connectivity index (χ4v) is 3.67. The number of anilines is 3. The first-order valence-electron chi connectivity index (χ1n) is 11.4. The van der Waals surface area contributed by atoms with Gasteiger partial charge in [0.05, 0.1) is 30.9 Å². The molecule has 3 aromatic heterocycles. The zero-order chi connectivity index (χ0) is 24.6. The third-order valence-corrected chi connectivity index (χ3v) is 5.32. The first-order chi connectivity index (χ1) is 16.8. The summed E-state index contributed by atoms with van der Waals surface area (Å²) in [6.07, 6.45) is 5.03. The molecule has 0 spiro atoms. The first-order valence-corrected chi connectivity index (χ1v) is 11.4. The average molecular weight is 474 g/mol. The van der Waals surface area contributed by atoms with Gasteiger partial charge in [-0.25, -0.2) is 19.7 Å². The van der Waals surface area contributed by atoms with E-state index in [1.54, 1.807) is 25.6 Å². The van der Waals surface area contributed by atoms with Crippen LogP contribution >= 0.6 is 0 Å². The second kappa shape index (κ2) is 8.86. The van der Waals surface area contributed by atoms with Crippen LogP contribution in [0, 0.1) is 0 Å². The van der Waals surface area contributed by atoms with Crippen molar-refractivity contribution in [3.8, 4) is 11.6 Å². The summed E-state index contributed by atoms with van der Waals surface area (Å²) in [6, 6.07) is 11.2. The molecule has 0 radical (unpaired) electrons. The molecule has 0 atom stereocenters. The van der Waals surface area contributed by atoms with E-state index in [2.05, 4.69) is 20.6 Å². The summed E-state index contributed by atoms with van der Waals surface area (Å²) in [5.41, 5.74) is 3.01. The van der Waals surface area contributed by atoms with E-state index in [0.717, 1.165) is 30.0 Å². The summed E-state index contributed by atoms with van der Waals surface area (Å²) in [7, 11) is 1.57. The number of imidazole rings is 1. The van der Waals surface area contributed by atoms with Gasteiger partial charge in [0.15, 0.2) is 5.65 Å². The van der Waals surface area contributed by atoms with E-state index in [-0.39, 0.29) is 0 Å². The quantitative estimate of drug-likeness (QED) is 0.393. The largest absolute Gasteiger partial charge is 0.481 e. The molecule has 10 heteroatoms. The van der Waals surface area contributed by atoms with Crippen LogP contribution in [0.3, 0.4) is 0 Å². The molecule has 35 heavy (non-hydrogen) atoms. The first kappa shape index (κ1) is 22.6. The van der Waals surface area contributed by atoms with Gasteiger partial charge in [-0.3, -0.25) is 9.88 Å². The van der Waals surface area contributed by atoms with Gasteiger partial charge >= 0.3 is 6.09 Å². The number of fused-ring (bicyclic) bond motifs is 1. The number of ether oxygens (including phenoxy) is 2. The lowest BCUT2D eigenvalue weighted by Crippen LogP contribution is -2.27. The zero-order valence-electron chi connectivity index (χ0n) is 20.1. The maximum atomic E-state index is 12.3. The molecule has 1 amide bonds. The van der Waals surface area contributed by atoms with E-state index >= 15 is 0 Å². The van der Waals surface area contributed by atoms with Gasteiger partial charge in [-0.05, 0) is 57.9 Å². The second-order valence-corrected chi connectivity index (χ2v) is 9.37. The van der Waals surface area contributed by atoms with Gasteiger partial charge in [0.2, 0.25) is 11.8 Å². The van der Waals surface area contributed by atoms with Gasteiger partial charge < -0.3 is 14.8 Å². The summed E-state index contributed by atoms with van der Waals surface area (Å²) in [4.78, 5) is 30.5. The van der Waals surface area contributed by atoms with Crippen LogP contribution in [0.25, 0.3) is 16.9 Å². The number of rotatable bonds is 6. The van der Waals surface area contributed by atoms with Gasteiger partial charge in [-0.1, -0.05) is 6.07 Å². The van der Waals surface area contributed by atoms with E-state index < -0.39 is 11.7 Å². The molecule has 0 aliphatic heterocycles. The van der Waals surface area contributed by atoms with E-state index in [1.165, 1.54) is 0 Å². The molecular formula is C25H27N7O3. The van der Waals surface area contributed by atoms with Crippen molar-refractivity contribution in [1.82, 2.24) is 24.5 Å². The van der Waals surface area contributed by atoms with Crippen LogP contribution in [-0.2, 0) is 4.74 Å². The summed E-state index contributed by atoms with van der Waals surface area (Å²) >= 11 is 0. The standard InChI is InChI=1S/C25H27N7O3/c1-25(2,3)35-24(33)29-16-6-5-7-18(12-16)32-21(15-8-9-15)30-19-14-27-23(31-22(19)32)28-17-10-11-20(34-4)26-13-17/h5-7,10-15H,8-9H2,1-4H3,(H,29,33)(H,27,28,31). The van der Waals surface area contributed by atoms with Gasteiger partial charge in [0.1, 0.15) is 16.9 Å². The number of aromatic nitrogens is 5. The predicted molar refractivity (Wildman–Crippen MR) is 133 cm³/mol. The fraction of sp³-hybridized carbons (Fsp3) is 0.320. The monoisotopic (exact) mass is 473 g/mol. The number of nitrogens with zero attached hydrogens (tertiary/aromatic N) is 5. The number of pyridine rings is 1. The molecule has 10 nitrogen and oxygen atoms in total. The van der Waals surface area contributed by atoms with Gasteiger partial charge in [0, 0.05) is 17.7 Å². The minimum atomic E-state index is -0.582. The van der Waals surface area contributed by atoms with Crippen LogP contribution < -0.4 is 15.4 Å². The molecule has 0 unspecified atom stereocenters. The Morgan fingerprint density at radius 3 is 2.57 bits per heavy atom. The maximum absolute atomic E-state index is 12.3. The number of nitrogens with one attached hydrogen (secondary N) is 2. The third kappa shape index (κ3) is 5.16. The molecule has 2 N–H and O–H groups in total. The molecule has 1 aromatic carbocycles. The van der Waals surface area contributed by atoms with Crippen molar-refractivity contribution < 1.29 is 14.3 Å². The van der Waals surface area contributed by atoms with Gasteiger partial charge in [-0.2, -0.15) is 4.98 Å². The van der Waals surface area contributed by atoms with Crippen molar-refractivity contribution in [2.45, 2.75) is 45.1 Å². The molecule has 5 rings (SSSR count). The lowest BCUT2D eigenvalue weighted by molar-refractivity contribution is 0.0636. The van der Waals surface area contributed by atoms with Gasteiger partial charge in [0.25, 0.3) is 0 Å². The number of hydrogen-bond donors (Lipinski definition) is 2. The minimum Gasteiger partial charge on any atom is -0.481 e. The summed E-state index contributed by atoms with van der Waals surface area (Å²) in [6.45, 7) is 5.49. The third-order valence-electron chi connectivity index (χ3n) is 5.32. The van der Waals surface area contributed by atoms with E-state index in [1.807, 2.05) is 55.7 Å². The number of benzene rings is 1. The molecule has 1 saturated carbocycles. The maximum Gasteiger partial charge on any atom is 0.412 e.